The van der Waals surface area contributed by atoms with Gasteiger partial charge >= 0.3 is 5.97 Å². The van der Waals surface area contributed by atoms with E-state index >= 15 is 0 Å². The molecule has 0 aromatic rings. The third-order valence-corrected chi connectivity index (χ3v) is 5.74. The van der Waals surface area contributed by atoms with Crippen LogP contribution in [0.15, 0.2) is 0 Å². The number of alkyl halides is 1. The standard InChI is InChI=1S/C23H44BrNO3/c24-20-16-12-8-4-3-6-10-14-18-22(26)25-21-17-13-9-5-1-2-7-11-15-19-23(27)28/h1-21H2,(H,25,26)(H,27,28). The molecule has 0 unspecified atom stereocenters. The molecule has 0 aliphatic carbocycles. The predicted molar refractivity (Wildman–Crippen MR) is 122 cm³/mol. The van der Waals surface area contributed by atoms with Crippen LogP contribution in [-0.4, -0.2) is 28.9 Å². The van der Waals surface area contributed by atoms with Crippen molar-refractivity contribution in [3.8, 4) is 0 Å². The summed E-state index contributed by atoms with van der Waals surface area (Å²) in [6.07, 6.45) is 21.3. The fraction of sp³-hybridized carbons (Fsp3) is 0.913. The summed E-state index contributed by atoms with van der Waals surface area (Å²) < 4.78 is 0. The van der Waals surface area contributed by atoms with Crippen molar-refractivity contribution in [3.05, 3.63) is 0 Å². The van der Waals surface area contributed by atoms with Crippen LogP contribution in [0.2, 0.25) is 0 Å². The average molecular weight is 463 g/mol. The maximum Gasteiger partial charge on any atom is 0.303 e. The molecule has 0 atom stereocenters. The zero-order valence-corrected chi connectivity index (χ0v) is 19.6. The quantitative estimate of drug-likeness (QED) is 0.135. The van der Waals surface area contributed by atoms with Crippen LogP contribution in [0.25, 0.3) is 0 Å². The van der Waals surface area contributed by atoms with Crippen LogP contribution < -0.4 is 5.32 Å². The van der Waals surface area contributed by atoms with E-state index in [1.807, 2.05) is 0 Å². The van der Waals surface area contributed by atoms with Gasteiger partial charge < -0.3 is 10.4 Å². The highest BCUT2D eigenvalue weighted by Gasteiger charge is 2.01. The lowest BCUT2D eigenvalue weighted by Crippen LogP contribution is -2.23. The molecule has 0 bridgehead atoms. The van der Waals surface area contributed by atoms with Gasteiger partial charge in [0.1, 0.15) is 0 Å². The van der Waals surface area contributed by atoms with Crippen molar-refractivity contribution in [3.63, 3.8) is 0 Å². The third kappa shape index (κ3) is 23.5. The lowest BCUT2D eigenvalue weighted by atomic mass is 10.1. The van der Waals surface area contributed by atoms with E-state index in [2.05, 4.69) is 21.2 Å². The summed E-state index contributed by atoms with van der Waals surface area (Å²) in [7, 11) is 0. The Morgan fingerprint density at radius 1 is 0.571 bits per heavy atom. The van der Waals surface area contributed by atoms with E-state index in [1.54, 1.807) is 0 Å². The molecule has 0 radical (unpaired) electrons. The van der Waals surface area contributed by atoms with Gasteiger partial charge in [-0.25, -0.2) is 0 Å². The molecular weight excluding hydrogens is 418 g/mol. The van der Waals surface area contributed by atoms with Gasteiger partial charge in [0.05, 0.1) is 0 Å². The number of carbonyl (C=O) groups is 2. The number of aliphatic carboxylic acids is 1. The molecule has 4 nitrogen and oxygen atoms in total. The van der Waals surface area contributed by atoms with Crippen molar-refractivity contribution in [2.75, 3.05) is 11.9 Å². The van der Waals surface area contributed by atoms with Gasteiger partial charge in [-0.3, -0.25) is 9.59 Å². The Hall–Kier alpha value is -0.580. The molecule has 166 valence electrons. The Morgan fingerprint density at radius 2 is 0.964 bits per heavy atom. The van der Waals surface area contributed by atoms with E-state index in [-0.39, 0.29) is 5.91 Å². The summed E-state index contributed by atoms with van der Waals surface area (Å²) >= 11 is 3.46. The van der Waals surface area contributed by atoms with E-state index < -0.39 is 5.97 Å². The van der Waals surface area contributed by atoms with Gasteiger partial charge in [-0.15, -0.1) is 0 Å². The number of carboxylic acid groups (broad SMARTS) is 1. The molecule has 1 amide bonds. The molecule has 0 rings (SSSR count). The van der Waals surface area contributed by atoms with Crippen molar-refractivity contribution in [1.82, 2.24) is 5.32 Å². The van der Waals surface area contributed by atoms with Crippen LogP contribution in [0.5, 0.6) is 0 Å². The number of rotatable bonds is 22. The molecule has 0 aliphatic rings. The molecule has 28 heavy (non-hydrogen) atoms. The van der Waals surface area contributed by atoms with E-state index in [9.17, 15) is 9.59 Å². The summed E-state index contributed by atoms with van der Waals surface area (Å²) in [5.74, 6) is -0.461. The molecule has 0 saturated carbocycles. The van der Waals surface area contributed by atoms with Gasteiger partial charge in [0.15, 0.2) is 0 Å². The van der Waals surface area contributed by atoms with E-state index in [0.29, 0.717) is 12.8 Å². The van der Waals surface area contributed by atoms with Crippen LogP contribution >= 0.6 is 15.9 Å². The number of carbonyl (C=O) groups excluding carboxylic acids is 1. The Balaban J connectivity index is 3.16. The highest BCUT2D eigenvalue weighted by Crippen LogP contribution is 2.11. The number of hydrogen-bond acceptors (Lipinski definition) is 2. The first-order chi connectivity index (χ1) is 13.7. The van der Waals surface area contributed by atoms with E-state index in [0.717, 1.165) is 44.0 Å². The lowest BCUT2D eigenvalue weighted by molar-refractivity contribution is -0.137. The van der Waals surface area contributed by atoms with Crippen LogP contribution in [0.4, 0.5) is 0 Å². The van der Waals surface area contributed by atoms with E-state index in [1.165, 1.54) is 77.0 Å². The summed E-state index contributed by atoms with van der Waals surface area (Å²) in [5, 5.41) is 12.7. The zero-order valence-electron chi connectivity index (χ0n) is 18.0. The van der Waals surface area contributed by atoms with Crippen molar-refractivity contribution >= 4 is 27.8 Å². The average Bonchev–Trinajstić information content (AvgIpc) is 2.67. The fourth-order valence-electron chi connectivity index (χ4n) is 3.40. The first kappa shape index (κ1) is 27.4. The van der Waals surface area contributed by atoms with Gasteiger partial charge in [-0.2, -0.15) is 0 Å². The van der Waals surface area contributed by atoms with Gasteiger partial charge in [0, 0.05) is 24.7 Å². The molecule has 0 aromatic heterocycles. The molecule has 0 spiro atoms. The van der Waals surface area contributed by atoms with Crippen molar-refractivity contribution in [1.29, 1.82) is 0 Å². The number of nitrogens with one attached hydrogen (secondary N) is 1. The van der Waals surface area contributed by atoms with Crippen LogP contribution in [0.3, 0.4) is 0 Å². The molecule has 0 aromatic carbocycles. The van der Waals surface area contributed by atoms with Crippen molar-refractivity contribution in [2.24, 2.45) is 0 Å². The van der Waals surface area contributed by atoms with Crippen molar-refractivity contribution in [2.45, 2.75) is 122 Å². The number of carboxylic acids is 1. The third-order valence-electron chi connectivity index (χ3n) is 5.18. The summed E-state index contributed by atoms with van der Waals surface area (Å²) in [6, 6.07) is 0. The Morgan fingerprint density at radius 3 is 1.43 bits per heavy atom. The van der Waals surface area contributed by atoms with Gasteiger partial charge in [0.25, 0.3) is 0 Å². The largest absolute Gasteiger partial charge is 0.481 e. The topological polar surface area (TPSA) is 66.4 Å². The zero-order chi connectivity index (χ0) is 20.7. The van der Waals surface area contributed by atoms with E-state index in [4.69, 9.17) is 5.11 Å². The molecule has 0 aliphatic heterocycles. The predicted octanol–water partition coefficient (Wildman–Crippen LogP) is 6.99. The Labute approximate surface area is 181 Å². The SMILES string of the molecule is O=C(O)CCCCCCCCCCCNC(=O)CCCCCCCCCCBr. The second kappa shape index (κ2) is 22.7. The molecule has 0 saturated heterocycles. The monoisotopic (exact) mass is 461 g/mol. The molecule has 5 heteroatoms. The number of hydrogen-bond donors (Lipinski definition) is 2. The van der Waals surface area contributed by atoms with Crippen LogP contribution in [0.1, 0.15) is 122 Å². The van der Waals surface area contributed by atoms with Gasteiger partial charge in [-0.1, -0.05) is 99.4 Å². The minimum atomic E-state index is -0.682. The summed E-state index contributed by atoms with van der Waals surface area (Å²) in [6.45, 7) is 0.821. The number of halogens is 1. The summed E-state index contributed by atoms with van der Waals surface area (Å²) in [4.78, 5) is 22.2. The number of unbranched alkanes of at least 4 members (excludes halogenated alkanes) is 15. The first-order valence-corrected chi connectivity index (χ1v) is 12.8. The highest BCUT2D eigenvalue weighted by atomic mass is 79.9. The maximum atomic E-state index is 11.8. The minimum absolute atomic E-state index is 0.221. The normalized spacial score (nSPS) is 10.9. The van der Waals surface area contributed by atoms with Crippen molar-refractivity contribution < 1.29 is 14.7 Å². The van der Waals surface area contributed by atoms with Gasteiger partial charge in [0.2, 0.25) is 5.91 Å². The second-order valence-electron chi connectivity index (χ2n) is 7.94. The fourth-order valence-corrected chi connectivity index (χ4v) is 3.79. The first-order valence-electron chi connectivity index (χ1n) is 11.7. The number of amides is 1. The van der Waals surface area contributed by atoms with Gasteiger partial charge in [-0.05, 0) is 25.7 Å². The molecule has 0 fully saturated rings. The minimum Gasteiger partial charge on any atom is -0.481 e. The molecular formula is C23H44BrNO3. The Bertz CT molecular complexity index is 364. The smallest absolute Gasteiger partial charge is 0.303 e. The molecule has 0 heterocycles. The maximum absolute atomic E-state index is 11.8. The Kier molecular flexibility index (Phi) is 22.2. The molecule has 2 N–H and O–H groups in total. The lowest BCUT2D eigenvalue weighted by Gasteiger charge is -2.06. The highest BCUT2D eigenvalue weighted by molar-refractivity contribution is 9.09. The summed E-state index contributed by atoms with van der Waals surface area (Å²) in [5.41, 5.74) is 0. The van der Waals surface area contributed by atoms with Crippen LogP contribution in [0, 0.1) is 0 Å². The van der Waals surface area contributed by atoms with Crippen LogP contribution in [-0.2, 0) is 9.59 Å². The second-order valence-corrected chi connectivity index (χ2v) is 8.74.